The molecule has 0 spiro atoms. The molecule has 0 bridgehead atoms. The van der Waals surface area contributed by atoms with Crippen LogP contribution in [-0.4, -0.2) is 25.5 Å². The van der Waals surface area contributed by atoms with E-state index >= 15 is 0 Å². The number of hydrogen-bond donors (Lipinski definition) is 1. The van der Waals surface area contributed by atoms with Crippen LogP contribution < -0.4 is 5.32 Å². The summed E-state index contributed by atoms with van der Waals surface area (Å²) in [5.74, 6) is -0.0716. The Hall–Kier alpha value is -2.60. The first kappa shape index (κ1) is 18.2. The lowest BCUT2D eigenvalue weighted by Crippen LogP contribution is -2.15. The first-order valence-electron chi connectivity index (χ1n) is 8.49. The number of nitrogens with zero attached hydrogens (tertiary/aromatic N) is 4. The summed E-state index contributed by atoms with van der Waals surface area (Å²) in [6.07, 6.45) is 3.58. The molecule has 26 heavy (non-hydrogen) atoms. The van der Waals surface area contributed by atoms with Crippen molar-refractivity contribution in [3.8, 4) is 0 Å². The van der Waals surface area contributed by atoms with E-state index in [1.165, 1.54) is 11.1 Å². The molecule has 0 aliphatic heterocycles. The maximum Gasteiger partial charge on any atom is 0.226 e. The lowest BCUT2D eigenvalue weighted by molar-refractivity contribution is -0.116. The maximum absolute atomic E-state index is 12.3. The van der Waals surface area contributed by atoms with Gasteiger partial charge in [0.2, 0.25) is 5.91 Å². The van der Waals surface area contributed by atoms with Crippen molar-refractivity contribution in [1.82, 2.24) is 19.6 Å². The van der Waals surface area contributed by atoms with Crippen LogP contribution in [0.25, 0.3) is 0 Å². The van der Waals surface area contributed by atoms with Crippen molar-refractivity contribution in [3.05, 3.63) is 64.2 Å². The van der Waals surface area contributed by atoms with Crippen molar-refractivity contribution < 1.29 is 4.79 Å². The summed E-state index contributed by atoms with van der Waals surface area (Å²) >= 11 is 5.83. The third-order valence-corrected chi connectivity index (χ3v) is 4.46. The van der Waals surface area contributed by atoms with Gasteiger partial charge in [0.25, 0.3) is 0 Å². The van der Waals surface area contributed by atoms with Gasteiger partial charge in [0.1, 0.15) is 0 Å². The maximum atomic E-state index is 12.3. The van der Waals surface area contributed by atoms with Crippen LogP contribution in [0.1, 0.15) is 28.9 Å². The van der Waals surface area contributed by atoms with Crippen molar-refractivity contribution >= 4 is 23.2 Å². The molecule has 0 atom stereocenters. The summed E-state index contributed by atoms with van der Waals surface area (Å²) in [5, 5.41) is 12.2. The molecule has 136 valence electrons. The summed E-state index contributed by atoms with van der Waals surface area (Å²) in [5.41, 5.74) is 4.94. The second-order valence-electron chi connectivity index (χ2n) is 6.41. The molecule has 0 fully saturated rings. The Morgan fingerprint density at radius 1 is 1.19 bits per heavy atom. The fourth-order valence-corrected chi connectivity index (χ4v) is 2.93. The highest BCUT2D eigenvalue weighted by Crippen LogP contribution is 2.21. The van der Waals surface area contributed by atoms with Crippen LogP contribution >= 0.6 is 11.6 Å². The summed E-state index contributed by atoms with van der Waals surface area (Å²) in [7, 11) is 0. The Labute approximate surface area is 157 Å². The summed E-state index contributed by atoms with van der Waals surface area (Å²) in [6.45, 7) is 7.10. The number of carbonyl (C=O) groups excluding carboxylic acids is 1. The number of amides is 1. The Balaban J connectivity index is 1.65. The average molecular weight is 372 g/mol. The van der Waals surface area contributed by atoms with E-state index in [-0.39, 0.29) is 5.91 Å². The van der Waals surface area contributed by atoms with Gasteiger partial charge in [-0.15, -0.1) is 0 Å². The minimum absolute atomic E-state index is 0.0716. The smallest absolute Gasteiger partial charge is 0.226 e. The first-order chi connectivity index (χ1) is 12.4. The van der Waals surface area contributed by atoms with Crippen molar-refractivity contribution in [2.75, 3.05) is 5.32 Å². The summed E-state index contributed by atoms with van der Waals surface area (Å²) in [4.78, 5) is 12.3. The standard InChI is InChI=1S/C19H22ClN5O/c1-13-4-6-16(7-5-13)11-25-15(3)19(14(2)23-25)22-18(26)8-9-24-12-17(20)10-21-24/h4-7,10,12H,8-9,11H2,1-3H3,(H,22,26). The third-order valence-electron chi connectivity index (χ3n) is 4.27. The zero-order chi connectivity index (χ0) is 18.7. The van der Waals surface area contributed by atoms with Crippen molar-refractivity contribution in [3.63, 3.8) is 0 Å². The van der Waals surface area contributed by atoms with Gasteiger partial charge in [-0.25, -0.2) is 0 Å². The van der Waals surface area contributed by atoms with Crippen LogP contribution in [0, 0.1) is 20.8 Å². The molecule has 0 unspecified atom stereocenters. The number of nitrogens with one attached hydrogen (secondary N) is 1. The molecule has 1 amide bonds. The molecule has 3 rings (SSSR count). The van der Waals surface area contributed by atoms with Crippen LogP contribution in [0.5, 0.6) is 0 Å². The van der Waals surface area contributed by atoms with Gasteiger partial charge in [-0.3, -0.25) is 14.2 Å². The molecule has 2 aromatic heterocycles. The second kappa shape index (κ2) is 7.74. The number of carbonyl (C=O) groups is 1. The molecule has 6 nitrogen and oxygen atoms in total. The topological polar surface area (TPSA) is 64.7 Å². The highest BCUT2D eigenvalue weighted by atomic mass is 35.5. The second-order valence-corrected chi connectivity index (χ2v) is 6.85. The fourth-order valence-electron chi connectivity index (χ4n) is 2.78. The zero-order valence-electron chi connectivity index (χ0n) is 15.2. The summed E-state index contributed by atoms with van der Waals surface area (Å²) < 4.78 is 3.57. The Kier molecular flexibility index (Phi) is 5.42. The van der Waals surface area contributed by atoms with E-state index in [9.17, 15) is 4.79 Å². The van der Waals surface area contributed by atoms with Crippen LogP contribution in [-0.2, 0) is 17.9 Å². The van der Waals surface area contributed by atoms with Gasteiger partial charge < -0.3 is 5.32 Å². The number of hydrogen-bond acceptors (Lipinski definition) is 3. The molecule has 1 aromatic carbocycles. The number of aryl methyl sites for hydroxylation is 3. The van der Waals surface area contributed by atoms with E-state index in [0.29, 0.717) is 24.5 Å². The first-order valence-corrected chi connectivity index (χ1v) is 8.87. The number of aromatic nitrogens is 4. The van der Waals surface area contributed by atoms with Gasteiger partial charge in [-0.2, -0.15) is 10.2 Å². The lowest BCUT2D eigenvalue weighted by atomic mass is 10.1. The average Bonchev–Trinajstić information content (AvgIpc) is 3.13. The van der Waals surface area contributed by atoms with Gasteiger partial charge in [0.05, 0.1) is 34.8 Å². The van der Waals surface area contributed by atoms with E-state index in [1.54, 1.807) is 17.1 Å². The van der Waals surface area contributed by atoms with Crippen molar-refractivity contribution in [1.29, 1.82) is 0 Å². The number of anilines is 1. The monoisotopic (exact) mass is 371 g/mol. The molecular weight excluding hydrogens is 350 g/mol. The van der Waals surface area contributed by atoms with Crippen molar-refractivity contribution in [2.24, 2.45) is 0 Å². The van der Waals surface area contributed by atoms with E-state index in [0.717, 1.165) is 17.1 Å². The van der Waals surface area contributed by atoms with Gasteiger partial charge >= 0.3 is 0 Å². The SMILES string of the molecule is Cc1ccc(Cn2nc(C)c(NC(=O)CCn3cc(Cl)cn3)c2C)cc1. The predicted octanol–water partition coefficient (Wildman–Crippen LogP) is 3.74. The Morgan fingerprint density at radius 3 is 2.58 bits per heavy atom. The van der Waals surface area contributed by atoms with Gasteiger partial charge in [-0.05, 0) is 26.3 Å². The predicted molar refractivity (Wildman–Crippen MR) is 102 cm³/mol. The van der Waals surface area contributed by atoms with Crippen LogP contribution in [0.3, 0.4) is 0 Å². The molecular formula is C19H22ClN5O. The van der Waals surface area contributed by atoms with Crippen molar-refractivity contribution in [2.45, 2.75) is 40.3 Å². The number of halogens is 1. The molecule has 2 heterocycles. The largest absolute Gasteiger partial charge is 0.323 e. The minimum atomic E-state index is -0.0716. The fraction of sp³-hybridized carbons (Fsp3) is 0.316. The molecule has 0 saturated carbocycles. The normalized spacial score (nSPS) is 10.9. The highest BCUT2D eigenvalue weighted by molar-refractivity contribution is 6.30. The Bertz CT molecular complexity index is 911. The molecule has 1 N–H and O–H groups in total. The van der Waals surface area contributed by atoms with Crippen LogP contribution in [0.15, 0.2) is 36.7 Å². The molecule has 0 aliphatic carbocycles. The molecule has 7 heteroatoms. The van der Waals surface area contributed by atoms with E-state index < -0.39 is 0 Å². The van der Waals surface area contributed by atoms with E-state index in [4.69, 9.17) is 11.6 Å². The Morgan fingerprint density at radius 2 is 1.92 bits per heavy atom. The molecule has 0 radical (unpaired) electrons. The van der Waals surface area contributed by atoms with Crippen LogP contribution in [0.4, 0.5) is 5.69 Å². The van der Waals surface area contributed by atoms with E-state index in [1.807, 2.05) is 18.5 Å². The molecule has 0 saturated heterocycles. The molecule has 3 aromatic rings. The minimum Gasteiger partial charge on any atom is -0.323 e. The van der Waals surface area contributed by atoms with Gasteiger partial charge in [-0.1, -0.05) is 41.4 Å². The summed E-state index contributed by atoms with van der Waals surface area (Å²) in [6, 6.07) is 8.37. The quantitative estimate of drug-likeness (QED) is 0.717. The zero-order valence-corrected chi connectivity index (χ0v) is 15.9. The van der Waals surface area contributed by atoms with Crippen LogP contribution in [0.2, 0.25) is 5.02 Å². The molecule has 0 aliphatic rings. The van der Waals surface area contributed by atoms with Gasteiger partial charge in [0.15, 0.2) is 0 Å². The van der Waals surface area contributed by atoms with Gasteiger partial charge in [0, 0.05) is 19.2 Å². The number of rotatable bonds is 6. The van der Waals surface area contributed by atoms with E-state index in [2.05, 4.69) is 46.7 Å². The third kappa shape index (κ3) is 4.32. The number of benzene rings is 1. The highest BCUT2D eigenvalue weighted by Gasteiger charge is 2.14. The lowest BCUT2D eigenvalue weighted by Gasteiger charge is -2.08.